The second-order valence-electron chi connectivity index (χ2n) is 4.21. The van der Waals surface area contributed by atoms with Crippen LogP contribution in [0.25, 0.3) is 0 Å². The number of anilines is 2. The first-order chi connectivity index (χ1) is 9.10. The molecule has 0 spiro atoms. The van der Waals surface area contributed by atoms with Gasteiger partial charge in [0.15, 0.2) is 5.69 Å². The number of esters is 1. The monoisotopic (exact) mass is 261 g/mol. The van der Waals surface area contributed by atoms with Crippen LogP contribution in [0.1, 0.15) is 30.4 Å². The van der Waals surface area contributed by atoms with Gasteiger partial charge >= 0.3 is 5.97 Å². The molecule has 0 unspecified atom stereocenters. The van der Waals surface area contributed by atoms with E-state index in [-0.39, 0.29) is 11.7 Å². The number of hydrogen-bond donors (Lipinski definition) is 1. The first kappa shape index (κ1) is 13.0. The zero-order chi connectivity index (χ0) is 13.8. The van der Waals surface area contributed by atoms with Gasteiger partial charge in [0.1, 0.15) is 5.82 Å². The predicted octanol–water partition coefficient (Wildman–Crippen LogP) is 1.78. The number of nitrogens with zero attached hydrogens (tertiary/aromatic N) is 4. The van der Waals surface area contributed by atoms with Gasteiger partial charge in [0.05, 0.1) is 31.4 Å². The highest BCUT2D eigenvalue weighted by Gasteiger charge is 2.09. The summed E-state index contributed by atoms with van der Waals surface area (Å²) in [6.45, 7) is 4.07. The molecular formula is C12H15N5O2. The van der Waals surface area contributed by atoms with Crippen molar-refractivity contribution in [2.24, 2.45) is 0 Å². The van der Waals surface area contributed by atoms with Gasteiger partial charge in [0.25, 0.3) is 0 Å². The van der Waals surface area contributed by atoms with Gasteiger partial charge in [-0.1, -0.05) is 0 Å². The Morgan fingerprint density at radius 1 is 1.37 bits per heavy atom. The van der Waals surface area contributed by atoms with Crippen LogP contribution >= 0.6 is 0 Å². The van der Waals surface area contributed by atoms with E-state index in [1.54, 1.807) is 6.20 Å². The normalized spacial score (nSPS) is 10.5. The summed E-state index contributed by atoms with van der Waals surface area (Å²) in [6.07, 6.45) is 6.43. The molecule has 1 N–H and O–H groups in total. The van der Waals surface area contributed by atoms with E-state index >= 15 is 0 Å². The topological polar surface area (TPSA) is 81.9 Å². The maximum absolute atomic E-state index is 11.3. The Kier molecular flexibility index (Phi) is 3.74. The second-order valence-corrected chi connectivity index (χ2v) is 4.21. The SMILES string of the molecule is COC(=O)c1cncc(Nc2cnn(C(C)C)c2)n1. The highest BCUT2D eigenvalue weighted by molar-refractivity contribution is 5.87. The van der Waals surface area contributed by atoms with Gasteiger partial charge < -0.3 is 10.1 Å². The van der Waals surface area contributed by atoms with Crippen LogP contribution in [-0.2, 0) is 4.74 Å². The molecule has 2 aromatic rings. The average molecular weight is 261 g/mol. The Labute approximate surface area is 110 Å². The molecule has 100 valence electrons. The molecular weight excluding hydrogens is 246 g/mol. The number of methoxy groups -OCH3 is 1. The van der Waals surface area contributed by atoms with Crippen LogP contribution in [0.5, 0.6) is 0 Å². The number of nitrogens with one attached hydrogen (secondary N) is 1. The minimum Gasteiger partial charge on any atom is -0.464 e. The molecule has 0 aliphatic heterocycles. The predicted molar refractivity (Wildman–Crippen MR) is 69.3 cm³/mol. The Balaban J connectivity index is 2.16. The lowest BCUT2D eigenvalue weighted by Gasteiger charge is -2.05. The standard InChI is InChI=1S/C12H15N5O2/c1-8(2)17-7-9(4-14-17)15-11-6-13-5-10(16-11)12(18)19-3/h4-8H,1-3H3,(H,15,16). The molecule has 0 aliphatic rings. The second kappa shape index (κ2) is 5.47. The summed E-state index contributed by atoms with van der Waals surface area (Å²) in [5, 5.41) is 7.23. The van der Waals surface area contributed by atoms with Crippen LogP contribution in [-0.4, -0.2) is 32.8 Å². The third-order valence-electron chi connectivity index (χ3n) is 2.43. The van der Waals surface area contributed by atoms with E-state index in [1.165, 1.54) is 19.5 Å². The summed E-state index contributed by atoms with van der Waals surface area (Å²) < 4.78 is 6.41. The molecule has 19 heavy (non-hydrogen) atoms. The zero-order valence-electron chi connectivity index (χ0n) is 11.0. The summed E-state index contributed by atoms with van der Waals surface area (Å²) in [7, 11) is 1.30. The smallest absolute Gasteiger partial charge is 0.358 e. The molecule has 2 rings (SSSR count). The number of carbonyl (C=O) groups excluding carboxylic acids is 1. The van der Waals surface area contributed by atoms with E-state index < -0.39 is 5.97 Å². The van der Waals surface area contributed by atoms with E-state index in [1.807, 2.05) is 24.7 Å². The van der Waals surface area contributed by atoms with Crippen molar-refractivity contribution >= 4 is 17.5 Å². The lowest BCUT2D eigenvalue weighted by atomic mass is 10.4. The largest absolute Gasteiger partial charge is 0.464 e. The maximum atomic E-state index is 11.3. The van der Waals surface area contributed by atoms with Gasteiger partial charge in [-0.05, 0) is 13.8 Å². The number of aromatic nitrogens is 4. The molecule has 0 bridgehead atoms. The van der Waals surface area contributed by atoms with Crippen molar-refractivity contribution in [3.05, 3.63) is 30.5 Å². The van der Waals surface area contributed by atoms with Crippen molar-refractivity contribution in [3.63, 3.8) is 0 Å². The van der Waals surface area contributed by atoms with Crippen molar-refractivity contribution in [1.29, 1.82) is 0 Å². The molecule has 7 heteroatoms. The lowest BCUT2D eigenvalue weighted by molar-refractivity contribution is 0.0593. The van der Waals surface area contributed by atoms with E-state index in [0.717, 1.165) is 5.69 Å². The summed E-state index contributed by atoms with van der Waals surface area (Å²) in [5.41, 5.74) is 0.939. The number of carbonyl (C=O) groups is 1. The van der Waals surface area contributed by atoms with Crippen LogP contribution < -0.4 is 5.32 Å². The number of ether oxygens (including phenoxy) is 1. The van der Waals surface area contributed by atoms with Crippen molar-refractivity contribution in [2.45, 2.75) is 19.9 Å². The fourth-order valence-electron chi connectivity index (χ4n) is 1.46. The molecule has 0 saturated heterocycles. The quantitative estimate of drug-likeness (QED) is 0.845. The van der Waals surface area contributed by atoms with Crippen molar-refractivity contribution < 1.29 is 9.53 Å². The summed E-state index contributed by atoms with van der Waals surface area (Å²) in [4.78, 5) is 19.4. The summed E-state index contributed by atoms with van der Waals surface area (Å²) in [6, 6.07) is 0.281. The van der Waals surface area contributed by atoms with Crippen LogP contribution in [0.15, 0.2) is 24.8 Å². The molecule has 7 nitrogen and oxygen atoms in total. The average Bonchev–Trinajstić information content (AvgIpc) is 2.87. The van der Waals surface area contributed by atoms with E-state index in [4.69, 9.17) is 0 Å². The van der Waals surface area contributed by atoms with Crippen molar-refractivity contribution in [1.82, 2.24) is 19.7 Å². The molecule has 0 atom stereocenters. The van der Waals surface area contributed by atoms with Gasteiger partial charge in [-0.3, -0.25) is 9.67 Å². The molecule has 2 aromatic heterocycles. The Bertz CT molecular complexity index is 579. The maximum Gasteiger partial charge on any atom is 0.358 e. The Hall–Kier alpha value is -2.44. The molecule has 0 amide bonds. The van der Waals surface area contributed by atoms with Gasteiger partial charge in [-0.25, -0.2) is 9.78 Å². The van der Waals surface area contributed by atoms with E-state index in [9.17, 15) is 4.79 Å². The Morgan fingerprint density at radius 2 is 2.16 bits per heavy atom. The van der Waals surface area contributed by atoms with Crippen LogP contribution in [0.4, 0.5) is 11.5 Å². The van der Waals surface area contributed by atoms with Gasteiger partial charge in [0, 0.05) is 12.2 Å². The van der Waals surface area contributed by atoms with Crippen LogP contribution in [0.2, 0.25) is 0 Å². The van der Waals surface area contributed by atoms with Crippen molar-refractivity contribution in [3.8, 4) is 0 Å². The third kappa shape index (κ3) is 3.06. The Morgan fingerprint density at radius 3 is 2.79 bits per heavy atom. The van der Waals surface area contributed by atoms with Crippen molar-refractivity contribution in [2.75, 3.05) is 12.4 Å². The molecule has 0 aliphatic carbocycles. The fraction of sp³-hybridized carbons (Fsp3) is 0.333. The van der Waals surface area contributed by atoms with Gasteiger partial charge in [-0.15, -0.1) is 0 Å². The molecule has 0 radical (unpaired) electrons. The zero-order valence-corrected chi connectivity index (χ0v) is 11.0. The van der Waals surface area contributed by atoms with Gasteiger partial charge in [-0.2, -0.15) is 5.10 Å². The highest BCUT2D eigenvalue weighted by atomic mass is 16.5. The fourth-order valence-corrected chi connectivity index (χ4v) is 1.46. The first-order valence-corrected chi connectivity index (χ1v) is 5.81. The third-order valence-corrected chi connectivity index (χ3v) is 2.43. The number of hydrogen-bond acceptors (Lipinski definition) is 6. The van der Waals surface area contributed by atoms with E-state index in [2.05, 4.69) is 25.1 Å². The summed E-state index contributed by atoms with van der Waals surface area (Å²) >= 11 is 0. The van der Waals surface area contributed by atoms with Crippen LogP contribution in [0, 0.1) is 0 Å². The van der Waals surface area contributed by atoms with Crippen LogP contribution in [0.3, 0.4) is 0 Å². The molecule has 0 aromatic carbocycles. The summed E-state index contributed by atoms with van der Waals surface area (Å²) in [5.74, 6) is -0.0553. The molecule has 0 saturated carbocycles. The lowest BCUT2D eigenvalue weighted by Crippen LogP contribution is -2.06. The molecule has 0 fully saturated rings. The minimum atomic E-state index is -0.519. The van der Waals surface area contributed by atoms with E-state index in [0.29, 0.717) is 5.82 Å². The van der Waals surface area contributed by atoms with Gasteiger partial charge in [0.2, 0.25) is 0 Å². The highest BCUT2D eigenvalue weighted by Crippen LogP contribution is 2.15. The molecule has 2 heterocycles. The number of rotatable bonds is 4. The first-order valence-electron chi connectivity index (χ1n) is 5.81. The minimum absolute atomic E-state index is 0.156.